The van der Waals surface area contributed by atoms with Crippen molar-refractivity contribution >= 4 is 0 Å². The number of hydrazine groups is 1. The quantitative estimate of drug-likeness (QED) is 0.641. The van der Waals surface area contributed by atoms with Crippen LogP contribution in [-0.2, 0) is 4.74 Å². The average molecular weight is 276 g/mol. The molecule has 0 heterocycles. The molecule has 4 atom stereocenters. The Morgan fingerprint density at radius 3 is 2.20 bits per heavy atom. The van der Waals surface area contributed by atoms with E-state index in [1.165, 1.54) is 24.8 Å². The first-order valence-electron chi connectivity index (χ1n) is 7.69. The Morgan fingerprint density at radius 1 is 1.10 bits per heavy atom. The van der Waals surface area contributed by atoms with Gasteiger partial charge in [0.15, 0.2) is 0 Å². The third kappa shape index (κ3) is 3.60. The average Bonchev–Trinajstić information content (AvgIpc) is 2.44. The van der Waals surface area contributed by atoms with Crippen molar-refractivity contribution in [1.29, 1.82) is 0 Å². The Kier molecular flexibility index (Phi) is 5.58. The Hall–Kier alpha value is -0.900. The fraction of sp³-hybridized carbons (Fsp3) is 0.647. The number of hydrogen-bond acceptors (Lipinski definition) is 3. The van der Waals surface area contributed by atoms with E-state index < -0.39 is 0 Å². The summed E-state index contributed by atoms with van der Waals surface area (Å²) < 4.78 is 5.77. The molecule has 1 fully saturated rings. The fourth-order valence-electron chi connectivity index (χ4n) is 3.91. The Labute approximate surface area is 122 Å². The monoisotopic (exact) mass is 276 g/mol. The molecule has 3 N–H and O–H groups in total. The van der Waals surface area contributed by atoms with Crippen molar-refractivity contribution in [3.63, 3.8) is 0 Å². The van der Waals surface area contributed by atoms with E-state index in [-0.39, 0.29) is 12.1 Å². The predicted octanol–water partition coefficient (Wildman–Crippen LogP) is 3.28. The maximum absolute atomic E-state index is 5.88. The Morgan fingerprint density at radius 2 is 1.70 bits per heavy atom. The zero-order valence-electron chi connectivity index (χ0n) is 12.9. The van der Waals surface area contributed by atoms with E-state index in [1.54, 1.807) is 7.11 Å². The number of methoxy groups -OCH3 is 1. The van der Waals surface area contributed by atoms with Gasteiger partial charge in [-0.05, 0) is 42.6 Å². The lowest BCUT2D eigenvalue weighted by molar-refractivity contribution is 0.0270. The van der Waals surface area contributed by atoms with Crippen molar-refractivity contribution in [2.75, 3.05) is 7.11 Å². The van der Waals surface area contributed by atoms with Gasteiger partial charge in [0.05, 0.1) is 12.1 Å². The van der Waals surface area contributed by atoms with Crippen LogP contribution in [0.4, 0.5) is 0 Å². The van der Waals surface area contributed by atoms with Crippen molar-refractivity contribution in [3.8, 4) is 0 Å². The number of nitrogens with two attached hydrogens (primary N) is 1. The van der Waals surface area contributed by atoms with Gasteiger partial charge < -0.3 is 4.74 Å². The molecular weight excluding hydrogens is 248 g/mol. The van der Waals surface area contributed by atoms with Crippen molar-refractivity contribution in [2.24, 2.45) is 23.6 Å². The molecule has 0 radical (unpaired) electrons. The van der Waals surface area contributed by atoms with Gasteiger partial charge in [-0.25, -0.2) is 0 Å². The third-order valence-electron chi connectivity index (χ3n) is 4.62. The van der Waals surface area contributed by atoms with Crippen LogP contribution in [0, 0.1) is 17.8 Å². The van der Waals surface area contributed by atoms with E-state index in [9.17, 15) is 0 Å². The molecule has 1 aliphatic carbocycles. The fourth-order valence-corrected chi connectivity index (χ4v) is 3.91. The van der Waals surface area contributed by atoms with Gasteiger partial charge >= 0.3 is 0 Å². The van der Waals surface area contributed by atoms with Crippen LogP contribution in [0.25, 0.3) is 0 Å². The van der Waals surface area contributed by atoms with E-state index >= 15 is 0 Å². The maximum atomic E-state index is 5.88. The van der Waals surface area contributed by atoms with Crippen LogP contribution in [0.3, 0.4) is 0 Å². The van der Waals surface area contributed by atoms with Crippen molar-refractivity contribution in [1.82, 2.24) is 5.43 Å². The minimum atomic E-state index is 0.0173. The molecule has 1 saturated carbocycles. The first kappa shape index (κ1) is 15.5. The summed E-state index contributed by atoms with van der Waals surface area (Å²) in [5.74, 6) is 7.99. The molecule has 1 aliphatic rings. The summed E-state index contributed by atoms with van der Waals surface area (Å²) >= 11 is 0. The predicted molar refractivity (Wildman–Crippen MR) is 83.0 cm³/mol. The van der Waals surface area contributed by atoms with E-state index in [4.69, 9.17) is 10.6 Å². The minimum absolute atomic E-state index is 0.0173. The van der Waals surface area contributed by atoms with Gasteiger partial charge in [-0.3, -0.25) is 11.3 Å². The third-order valence-corrected chi connectivity index (χ3v) is 4.62. The van der Waals surface area contributed by atoms with E-state index in [0.717, 1.165) is 11.8 Å². The highest BCUT2D eigenvalue weighted by Crippen LogP contribution is 2.38. The van der Waals surface area contributed by atoms with Crippen LogP contribution in [0.2, 0.25) is 0 Å². The zero-order chi connectivity index (χ0) is 14.5. The van der Waals surface area contributed by atoms with Crippen LogP contribution in [-0.4, -0.2) is 13.2 Å². The van der Waals surface area contributed by atoms with E-state index in [1.807, 2.05) is 6.07 Å². The Bertz CT molecular complexity index is 385. The molecular formula is C17H28N2O. The second-order valence-electron chi connectivity index (χ2n) is 6.44. The van der Waals surface area contributed by atoms with Crippen molar-refractivity contribution in [2.45, 2.75) is 45.3 Å². The van der Waals surface area contributed by atoms with Crippen LogP contribution in [0.15, 0.2) is 30.3 Å². The molecule has 2 rings (SSSR count). The number of nitrogens with one attached hydrogen (secondary N) is 1. The molecule has 112 valence electrons. The molecule has 0 aliphatic heterocycles. The molecule has 4 unspecified atom stereocenters. The highest BCUT2D eigenvalue weighted by Gasteiger charge is 2.34. The summed E-state index contributed by atoms with van der Waals surface area (Å²) in [5.41, 5.74) is 4.24. The normalized spacial score (nSPS) is 29.9. The SMILES string of the molecule is COC(c1ccccc1)C(NN)C1CC(C)CC(C)C1. The molecule has 3 nitrogen and oxygen atoms in total. The molecule has 0 bridgehead atoms. The van der Waals surface area contributed by atoms with Crippen LogP contribution in [0.1, 0.15) is 44.8 Å². The summed E-state index contributed by atoms with van der Waals surface area (Å²) in [6, 6.07) is 10.6. The standard InChI is InChI=1S/C17H28N2O/c1-12-9-13(2)11-15(10-12)16(19-18)17(20-3)14-7-5-4-6-8-14/h4-8,12-13,15-17,19H,9-11,18H2,1-3H3. The summed E-state index contributed by atoms with van der Waals surface area (Å²) in [7, 11) is 1.78. The molecule has 3 heteroatoms. The summed E-state index contributed by atoms with van der Waals surface area (Å²) in [4.78, 5) is 0. The van der Waals surface area contributed by atoms with Crippen molar-refractivity contribution < 1.29 is 4.74 Å². The lowest BCUT2D eigenvalue weighted by Crippen LogP contribution is -2.47. The minimum Gasteiger partial charge on any atom is -0.375 e. The second-order valence-corrected chi connectivity index (χ2v) is 6.44. The van der Waals surface area contributed by atoms with E-state index in [0.29, 0.717) is 5.92 Å². The van der Waals surface area contributed by atoms with Gasteiger partial charge in [-0.1, -0.05) is 44.2 Å². The molecule has 0 saturated heterocycles. The molecule has 20 heavy (non-hydrogen) atoms. The van der Waals surface area contributed by atoms with Gasteiger partial charge in [-0.2, -0.15) is 0 Å². The lowest BCUT2D eigenvalue weighted by Gasteiger charge is -2.39. The highest BCUT2D eigenvalue weighted by molar-refractivity contribution is 5.19. The van der Waals surface area contributed by atoms with E-state index in [2.05, 4.69) is 43.5 Å². The topological polar surface area (TPSA) is 47.3 Å². The highest BCUT2D eigenvalue weighted by atomic mass is 16.5. The lowest BCUT2D eigenvalue weighted by atomic mass is 9.72. The van der Waals surface area contributed by atoms with Crippen LogP contribution >= 0.6 is 0 Å². The number of rotatable bonds is 5. The summed E-state index contributed by atoms with van der Waals surface area (Å²) in [6.45, 7) is 4.70. The van der Waals surface area contributed by atoms with Gasteiger partial charge in [0, 0.05) is 7.11 Å². The second kappa shape index (κ2) is 7.21. The van der Waals surface area contributed by atoms with Gasteiger partial charge in [0.25, 0.3) is 0 Å². The molecule has 1 aromatic carbocycles. The smallest absolute Gasteiger partial charge is 0.0990 e. The van der Waals surface area contributed by atoms with Crippen LogP contribution in [0.5, 0.6) is 0 Å². The molecule has 0 amide bonds. The van der Waals surface area contributed by atoms with Gasteiger partial charge in [0.1, 0.15) is 0 Å². The maximum Gasteiger partial charge on any atom is 0.0990 e. The zero-order valence-corrected chi connectivity index (χ0v) is 12.9. The first-order chi connectivity index (χ1) is 9.65. The molecule has 0 aromatic heterocycles. The molecule has 0 spiro atoms. The first-order valence-corrected chi connectivity index (χ1v) is 7.69. The van der Waals surface area contributed by atoms with Crippen LogP contribution < -0.4 is 11.3 Å². The van der Waals surface area contributed by atoms with Gasteiger partial charge in [0.2, 0.25) is 0 Å². The largest absolute Gasteiger partial charge is 0.375 e. The number of benzene rings is 1. The van der Waals surface area contributed by atoms with Gasteiger partial charge in [-0.15, -0.1) is 0 Å². The summed E-state index contributed by atoms with van der Waals surface area (Å²) in [6.07, 6.45) is 3.80. The molecule has 1 aromatic rings. The Balaban J connectivity index is 2.17. The number of hydrogen-bond donors (Lipinski definition) is 2. The van der Waals surface area contributed by atoms with Crippen molar-refractivity contribution in [3.05, 3.63) is 35.9 Å². The summed E-state index contributed by atoms with van der Waals surface area (Å²) in [5, 5.41) is 0. The number of ether oxygens (including phenoxy) is 1.